The fourth-order valence-corrected chi connectivity index (χ4v) is 4.31. The number of nitrogens with zero attached hydrogens (tertiary/aromatic N) is 3. The second-order valence-electron chi connectivity index (χ2n) is 7.29. The largest absolute Gasteiger partial charge is 0.352 e. The number of carbonyl (C=O) groups is 1. The molecular formula is C24H20N4OS. The Kier molecular flexibility index (Phi) is 4.77. The molecule has 5 rings (SSSR count). The lowest BCUT2D eigenvalue weighted by atomic mass is 10.1. The zero-order chi connectivity index (χ0) is 20.5. The van der Waals surface area contributed by atoms with Crippen molar-refractivity contribution in [2.75, 3.05) is 6.54 Å². The number of amides is 1. The van der Waals surface area contributed by atoms with Crippen molar-refractivity contribution in [3.05, 3.63) is 88.9 Å². The molecule has 0 spiro atoms. The van der Waals surface area contributed by atoms with Gasteiger partial charge in [0.2, 0.25) is 4.96 Å². The summed E-state index contributed by atoms with van der Waals surface area (Å²) < 4.78 is 1.88. The molecule has 1 amide bonds. The lowest BCUT2D eigenvalue weighted by molar-refractivity contribution is 0.0954. The molecule has 0 aliphatic heterocycles. The van der Waals surface area contributed by atoms with Crippen LogP contribution in [0.1, 0.15) is 21.6 Å². The first-order valence-corrected chi connectivity index (χ1v) is 10.7. The predicted octanol–water partition coefficient (Wildman–Crippen LogP) is 4.89. The van der Waals surface area contributed by atoms with Crippen molar-refractivity contribution in [3.63, 3.8) is 0 Å². The summed E-state index contributed by atoms with van der Waals surface area (Å²) in [5.74, 6) is 0.662. The van der Waals surface area contributed by atoms with Crippen LogP contribution in [0.4, 0.5) is 0 Å². The van der Waals surface area contributed by atoms with Crippen molar-refractivity contribution < 1.29 is 4.79 Å². The van der Waals surface area contributed by atoms with Crippen molar-refractivity contribution in [2.45, 2.75) is 13.3 Å². The third-order valence-corrected chi connectivity index (χ3v) is 6.00. The number of nitrogens with one attached hydrogen (secondary N) is 1. The summed E-state index contributed by atoms with van der Waals surface area (Å²) in [5.41, 5.74) is 3.93. The van der Waals surface area contributed by atoms with E-state index in [0.29, 0.717) is 18.5 Å². The molecule has 0 saturated carbocycles. The van der Waals surface area contributed by atoms with E-state index in [1.165, 1.54) is 5.56 Å². The van der Waals surface area contributed by atoms with E-state index in [1.807, 2.05) is 59.1 Å². The van der Waals surface area contributed by atoms with E-state index in [0.717, 1.165) is 32.8 Å². The van der Waals surface area contributed by atoms with Crippen molar-refractivity contribution in [3.8, 4) is 11.4 Å². The Morgan fingerprint density at radius 3 is 2.67 bits per heavy atom. The number of fused-ring (bicyclic) bond motifs is 2. The number of benzene rings is 3. The third kappa shape index (κ3) is 3.57. The van der Waals surface area contributed by atoms with E-state index >= 15 is 0 Å². The smallest absolute Gasteiger partial charge is 0.251 e. The summed E-state index contributed by atoms with van der Waals surface area (Å²) in [6.45, 7) is 2.60. The van der Waals surface area contributed by atoms with Gasteiger partial charge in [-0.3, -0.25) is 4.79 Å². The lowest BCUT2D eigenvalue weighted by Crippen LogP contribution is -2.26. The number of hydrogen-bond donors (Lipinski definition) is 1. The summed E-state index contributed by atoms with van der Waals surface area (Å²) >= 11 is 1.57. The third-order valence-electron chi connectivity index (χ3n) is 5.14. The Labute approximate surface area is 178 Å². The average molecular weight is 413 g/mol. The maximum absolute atomic E-state index is 12.6. The van der Waals surface area contributed by atoms with Gasteiger partial charge in [-0.25, -0.2) is 4.52 Å². The molecule has 148 valence electrons. The topological polar surface area (TPSA) is 59.3 Å². The SMILES string of the molecule is Cc1ccc(-c2nc3scc(CCNC(=O)c4ccc5ccccc5c4)n3n2)cc1. The molecule has 5 nitrogen and oxygen atoms in total. The fraction of sp³-hybridized carbons (Fsp3) is 0.125. The molecule has 0 aliphatic rings. The molecule has 0 radical (unpaired) electrons. The minimum absolute atomic E-state index is 0.0637. The normalized spacial score (nSPS) is 11.2. The molecule has 0 bridgehead atoms. The van der Waals surface area contributed by atoms with E-state index in [2.05, 4.69) is 39.8 Å². The maximum atomic E-state index is 12.6. The first kappa shape index (κ1) is 18.5. The van der Waals surface area contributed by atoms with Crippen LogP contribution in [0.25, 0.3) is 27.1 Å². The highest BCUT2D eigenvalue weighted by atomic mass is 32.1. The van der Waals surface area contributed by atoms with Gasteiger partial charge in [0, 0.05) is 29.5 Å². The van der Waals surface area contributed by atoms with E-state index in [4.69, 9.17) is 0 Å². The van der Waals surface area contributed by atoms with Crippen LogP contribution in [-0.2, 0) is 6.42 Å². The number of carbonyl (C=O) groups excluding carboxylic acids is 1. The van der Waals surface area contributed by atoms with Gasteiger partial charge in [0.1, 0.15) is 0 Å². The highest BCUT2D eigenvalue weighted by Gasteiger charge is 2.12. The van der Waals surface area contributed by atoms with Crippen LogP contribution >= 0.6 is 11.3 Å². The molecule has 2 aromatic heterocycles. The summed E-state index contributed by atoms with van der Waals surface area (Å²) in [7, 11) is 0. The van der Waals surface area contributed by atoms with Crippen molar-refractivity contribution >= 4 is 33.0 Å². The monoisotopic (exact) mass is 412 g/mol. The van der Waals surface area contributed by atoms with Crippen LogP contribution in [0.15, 0.2) is 72.1 Å². The Morgan fingerprint density at radius 1 is 1.03 bits per heavy atom. The first-order valence-electron chi connectivity index (χ1n) is 9.84. The number of rotatable bonds is 5. The minimum Gasteiger partial charge on any atom is -0.352 e. The number of aryl methyl sites for hydroxylation is 1. The first-order chi connectivity index (χ1) is 14.7. The zero-order valence-electron chi connectivity index (χ0n) is 16.5. The predicted molar refractivity (Wildman–Crippen MR) is 121 cm³/mol. The molecule has 0 fully saturated rings. The molecule has 0 unspecified atom stereocenters. The summed E-state index contributed by atoms with van der Waals surface area (Å²) in [6.07, 6.45) is 0.690. The van der Waals surface area contributed by atoms with Crippen molar-refractivity contribution in [1.29, 1.82) is 0 Å². The van der Waals surface area contributed by atoms with E-state index < -0.39 is 0 Å². The number of aromatic nitrogens is 3. The highest BCUT2D eigenvalue weighted by Crippen LogP contribution is 2.21. The second-order valence-corrected chi connectivity index (χ2v) is 8.13. The molecule has 5 aromatic rings. The number of thiazole rings is 1. The zero-order valence-corrected chi connectivity index (χ0v) is 17.3. The molecule has 0 aliphatic carbocycles. The van der Waals surface area contributed by atoms with Crippen LogP contribution in [-0.4, -0.2) is 27.0 Å². The Balaban J connectivity index is 1.27. The summed E-state index contributed by atoms with van der Waals surface area (Å²) in [5, 5.41) is 11.9. The standard InChI is InChI=1S/C24H20N4OS/c1-16-6-8-18(9-7-16)22-26-24-28(27-22)21(15-30-24)12-13-25-23(29)20-11-10-17-4-2-3-5-19(17)14-20/h2-11,14-15H,12-13H2,1H3,(H,25,29). The Hall–Kier alpha value is -3.51. The van der Waals surface area contributed by atoms with Crippen LogP contribution in [0.5, 0.6) is 0 Å². The maximum Gasteiger partial charge on any atom is 0.251 e. The molecule has 1 N–H and O–H groups in total. The molecular weight excluding hydrogens is 392 g/mol. The molecule has 2 heterocycles. The summed E-state index contributed by atoms with van der Waals surface area (Å²) in [4.78, 5) is 18.1. The Bertz CT molecular complexity index is 1350. The van der Waals surface area contributed by atoms with Crippen LogP contribution in [0, 0.1) is 6.92 Å². The molecule has 6 heteroatoms. The van der Waals surface area contributed by atoms with Crippen molar-refractivity contribution in [2.24, 2.45) is 0 Å². The van der Waals surface area contributed by atoms with Crippen molar-refractivity contribution in [1.82, 2.24) is 19.9 Å². The minimum atomic E-state index is -0.0637. The van der Waals surface area contributed by atoms with Crippen LogP contribution < -0.4 is 5.32 Å². The second kappa shape index (κ2) is 7.72. The highest BCUT2D eigenvalue weighted by molar-refractivity contribution is 7.15. The molecule has 0 saturated heterocycles. The van der Waals surface area contributed by atoms with Gasteiger partial charge < -0.3 is 5.32 Å². The van der Waals surface area contributed by atoms with E-state index in [1.54, 1.807) is 11.3 Å². The van der Waals surface area contributed by atoms with Gasteiger partial charge in [-0.1, -0.05) is 60.2 Å². The fourth-order valence-electron chi connectivity index (χ4n) is 3.46. The van der Waals surface area contributed by atoms with Gasteiger partial charge in [-0.15, -0.1) is 16.4 Å². The number of hydrogen-bond acceptors (Lipinski definition) is 4. The van der Waals surface area contributed by atoms with Gasteiger partial charge in [0.15, 0.2) is 5.82 Å². The van der Waals surface area contributed by atoms with Crippen LogP contribution in [0.3, 0.4) is 0 Å². The molecule has 0 atom stereocenters. The Morgan fingerprint density at radius 2 is 1.83 bits per heavy atom. The van der Waals surface area contributed by atoms with Crippen LogP contribution in [0.2, 0.25) is 0 Å². The van der Waals surface area contributed by atoms with Gasteiger partial charge in [-0.2, -0.15) is 4.98 Å². The van der Waals surface area contributed by atoms with E-state index in [-0.39, 0.29) is 5.91 Å². The molecule has 3 aromatic carbocycles. The quantitative estimate of drug-likeness (QED) is 0.447. The molecule has 30 heavy (non-hydrogen) atoms. The van der Waals surface area contributed by atoms with Gasteiger partial charge in [-0.05, 0) is 29.8 Å². The summed E-state index contributed by atoms with van der Waals surface area (Å²) in [6, 6.07) is 22.0. The van der Waals surface area contributed by atoms with E-state index in [9.17, 15) is 4.79 Å². The van der Waals surface area contributed by atoms with Gasteiger partial charge in [0.05, 0.1) is 5.69 Å². The average Bonchev–Trinajstić information content (AvgIpc) is 3.35. The van der Waals surface area contributed by atoms with Gasteiger partial charge >= 0.3 is 0 Å². The lowest BCUT2D eigenvalue weighted by Gasteiger charge is -2.06. The van der Waals surface area contributed by atoms with Gasteiger partial charge in [0.25, 0.3) is 5.91 Å².